The van der Waals surface area contributed by atoms with Gasteiger partial charge >= 0.3 is 0 Å². The molecule has 2 heterocycles. The number of anilines is 1. The van der Waals surface area contributed by atoms with E-state index in [0.717, 1.165) is 46.4 Å². The Morgan fingerprint density at radius 2 is 1.58 bits per heavy atom. The summed E-state index contributed by atoms with van der Waals surface area (Å²) in [7, 11) is 0. The molecule has 0 radical (unpaired) electrons. The van der Waals surface area contributed by atoms with Crippen molar-refractivity contribution in [2.75, 3.05) is 5.32 Å². The summed E-state index contributed by atoms with van der Waals surface area (Å²) in [5.74, 6) is 0.759. The molecule has 0 unspecified atom stereocenters. The molecular formula is C29H21N3O. The van der Waals surface area contributed by atoms with Gasteiger partial charge in [-0.2, -0.15) is 5.26 Å². The first-order valence-corrected chi connectivity index (χ1v) is 11.1. The maximum Gasteiger partial charge on any atom is 0.229 e. The Morgan fingerprint density at radius 1 is 0.879 bits per heavy atom. The largest absolute Gasteiger partial charge is 0.437 e. The fourth-order valence-corrected chi connectivity index (χ4v) is 4.85. The van der Waals surface area contributed by atoms with E-state index in [1.807, 2.05) is 48.5 Å². The Morgan fingerprint density at radius 3 is 2.33 bits per heavy atom. The molecule has 0 saturated heterocycles. The van der Waals surface area contributed by atoms with Crippen molar-refractivity contribution >= 4 is 16.8 Å². The number of aromatic nitrogens is 1. The van der Waals surface area contributed by atoms with Gasteiger partial charge in [-0.3, -0.25) is 0 Å². The highest BCUT2D eigenvalue weighted by atomic mass is 16.3. The van der Waals surface area contributed by atoms with E-state index in [0.29, 0.717) is 11.3 Å². The van der Waals surface area contributed by atoms with Crippen molar-refractivity contribution < 1.29 is 4.42 Å². The molecule has 6 rings (SSSR count). The van der Waals surface area contributed by atoms with Crippen LogP contribution in [0.15, 0.2) is 95.5 Å². The van der Waals surface area contributed by atoms with E-state index in [2.05, 4.69) is 52.8 Å². The van der Waals surface area contributed by atoms with Gasteiger partial charge in [0.05, 0.1) is 28.9 Å². The van der Waals surface area contributed by atoms with Gasteiger partial charge in [0.1, 0.15) is 11.8 Å². The first-order chi connectivity index (χ1) is 16.3. The number of aryl methyl sites for hydroxylation is 1. The molecule has 4 heteroatoms. The second-order valence-corrected chi connectivity index (χ2v) is 8.31. The third-order valence-corrected chi connectivity index (χ3v) is 6.39. The maximum atomic E-state index is 9.97. The van der Waals surface area contributed by atoms with Crippen molar-refractivity contribution in [2.45, 2.75) is 18.9 Å². The Hall–Kier alpha value is -4.36. The zero-order valence-electron chi connectivity index (χ0n) is 18.0. The molecule has 1 aliphatic rings. The van der Waals surface area contributed by atoms with Crippen LogP contribution in [0.4, 0.5) is 5.69 Å². The molecule has 0 fully saturated rings. The van der Waals surface area contributed by atoms with Crippen LogP contribution in [0, 0.1) is 11.3 Å². The zero-order chi connectivity index (χ0) is 22.2. The van der Waals surface area contributed by atoms with Crippen molar-refractivity contribution in [3.8, 4) is 28.5 Å². The summed E-state index contributed by atoms with van der Waals surface area (Å²) in [5.41, 5.74) is 7.44. The monoisotopic (exact) mass is 427 g/mol. The summed E-state index contributed by atoms with van der Waals surface area (Å²) >= 11 is 0. The maximum absolute atomic E-state index is 9.97. The molecular weight excluding hydrogens is 406 g/mol. The Kier molecular flexibility index (Phi) is 4.66. The predicted octanol–water partition coefficient (Wildman–Crippen LogP) is 7.13. The number of nitriles is 1. The number of furan rings is 1. The van der Waals surface area contributed by atoms with Gasteiger partial charge in [-0.1, -0.05) is 84.9 Å². The van der Waals surface area contributed by atoms with Crippen molar-refractivity contribution in [1.29, 1.82) is 5.26 Å². The van der Waals surface area contributed by atoms with Crippen LogP contribution in [0.2, 0.25) is 0 Å². The SMILES string of the molecule is N#Cc1cnc2oc(-c3ccccc3)c(-c3ccccc3)c2c1N[C@H]1CCc2ccccc21. The minimum atomic E-state index is 0.137. The van der Waals surface area contributed by atoms with Gasteiger partial charge in [0, 0.05) is 11.1 Å². The molecule has 0 spiro atoms. The Bertz CT molecular complexity index is 1500. The van der Waals surface area contributed by atoms with Crippen LogP contribution in [0.3, 0.4) is 0 Å². The molecule has 2 aromatic heterocycles. The highest BCUT2D eigenvalue weighted by molar-refractivity contribution is 6.08. The van der Waals surface area contributed by atoms with Crippen LogP contribution >= 0.6 is 0 Å². The summed E-state index contributed by atoms with van der Waals surface area (Å²) in [5, 5.41) is 14.5. The van der Waals surface area contributed by atoms with E-state index in [1.54, 1.807) is 6.20 Å². The molecule has 5 aromatic rings. The molecule has 3 aromatic carbocycles. The van der Waals surface area contributed by atoms with Gasteiger partial charge in [0.25, 0.3) is 0 Å². The predicted molar refractivity (Wildman–Crippen MR) is 131 cm³/mol. The van der Waals surface area contributed by atoms with Crippen molar-refractivity contribution in [3.63, 3.8) is 0 Å². The first-order valence-electron chi connectivity index (χ1n) is 11.1. The molecule has 0 aliphatic heterocycles. The van der Waals surface area contributed by atoms with Crippen molar-refractivity contribution in [1.82, 2.24) is 4.98 Å². The average Bonchev–Trinajstić information content (AvgIpc) is 3.47. The van der Waals surface area contributed by atoms with Crippen LogP contribution in [0.5, 0.6) is 0 Å². The van der Waals surface area contributed by atoms with Gasteiger partial charge in [-0.05, 0) is 29.5 Å². The number of pyridine rings is 1. The second-order valence-electron chi connectivity index (χ2n) is 8.31. The van der Waals surface area contributed by atoms with E-state index in [-0.39, 0.29) is 6.04 Å². The van der Waals surface area contributed by atoms with Gasteiger partial charge < -0.3 is 9.73 Å². The molecule has 33 heavy (non-hydrogen) atoms. The minimum absolute atomic E-state index is 0.137. The molecule has 1 N–H and O–H groups in total. The normalized spacial score (nSPS) is 14.7. The van der Waals surface area contributed by atoms with E-state index >= 15 is 0 Å². The average molecular weight is 428 g/mol. The lowest BCUT2D eigenvalue weighted by Crippen LogP contribution is -2.09. The van der Waals surface area contributed by atoms with E-state index < -0.39 is 0 Å². The van der Waals surface area contributed by atoms with Crippen LogP contribution in [-0.2, 0) is 6.42 Å². The van der Waals surface area contributed by atoms with Gasteiger partial charge in [0.15, 0.2) is 0 Å². The number of hydrogen-bond acceptors (Lipinski definition) is 4. The second kappa shape index (κ2) is 7.96. The Balaban J connectivity index is 1.61. The molecule has 0 bridgehead atoms. The summed E-state index contributed by atoms with van der Waals surface area (Å²) in [6, 6.07) is 31.3. The third kappa shape index (κ3) is 3.26. The van der Waals surface area contributed by atoms with Gasteiger partial charge in [-0.25, -0.2) is 4.98 Å². The van der Waals surface area contributed by atoms with Crippen LogP contribution in [0.1, 0.15) is 29.2 Å². The standard InChI is InChI=1S/C29H21N3O/c30-17-22-18-31-29-26(27(22)32-24-16-15-19-9-7-8-14-23(19)24)25(20-10-3-1-4-11-20)28(33-29)21-12-5-2-6-13-21/h1-14,18,24H,15-16H2,(H,31,32)/t24-/m0/s1. The highest BCUT2D eigenvalue weighted by Crippen LogP contribution is 2.45. The Labute approximate surface area is 192 Å². The lowest BCUT2D eigenvalue weighted by Gasteiger charge is -2.18. The zero-order valence-corrected chi connectivity index (χ0v) is 18.0. The van der Waals surface area contributed by atoms with Crippen LogP contribution in [-0.4, -0.2) is 4.98 Å². The van der Waals surface area contributed by atoms with Gasteiger partial charge in [0.2, 0.25) is 5.71 Å². The third-order valence-electron chi connectivity index (χ3n) is 6.39. The molecule has 4 nitrogen and oxygen atoms in total. The quantitative estimate of drug-likeness (QED) is 0.331. The topological polar surface area (TPSA) is 61.9 Å². The number of fused-ring (bicyclic) bond motifs is 2. The smallest absolute Gasteiger partial charge is 0.229 e. The number of hydrogen-bond donors (Lipinski definition) is 1. The lowest BCUT2D eigenvalue weighted by atomic mass is 9.97. The fourth-order valence-electron chi connectivity index (χ4n) is 4.85. The summed E-state index contributed by atoms with van der Waals surface area (Å²) < 4.78 is 6.35. The molecule has 0 saturated carbocycles. The van der Waals surface area contributed by atoms with Gasteiger partial charge in [-0.15, -0.1) is 0 Å². The summed E-state index contributed by atoms with van der Waals surface area (Å²) in [6.45, 7) is 0. The first kappa shape index (κ1) is 19.3. The highest BCUT2D eigenvalue weighted by Gasteiger charge is 2.27. The number of benzene rings is 3. The lowest BCUT2D eigenvalue weighted by molar-refractivity contribution is 0.619. The number of nitrogens with zero attached hydrogens (tertiary/aromatic N) is 2. The van der Waals surface area contributed by atoms with Crippen molar-refractivity contribution in [3.05, 3.63) is 108 Å². The van der Waals surface area contributed by atoms with E-state index in [4.69, 9.17) is 4.42 Å². The van der Waals surface area contributed by atoms with Crippen molar-refractivity contribution in [2.24, 2.45) is 0 Å². The summed E-state index contributed by atoms with van der Waals surface area (Å²) in [4.78, 5) is 4.53. The minimum Gasteiger partial charge on any atom is -0.437 e. The number of nitrogens with one attached hydrogen (secondary N) is 1. The van der Waals surface area contributed by atoms with Crippen LogP contribution < -0.4 is 5.32 Å². The molecule has 158 valence electrons. The fraction of sp³-hybridized carbons (Fsp3) is 0.103. The van der Waals surface area contributed by atoms with E-state index in [9.17, 15) is 5.26 Å². The van der Waals surface area contributed by atoms with E-state index in [1.165, 1.54) is 11.1 Å². The molecule has 0 amide bonds. The molecule has 1 atom stereocenters. The number of rotatable bonds is 4. The summed E-state index contributed by atoms with van der Waals surface area (Å²) in [6.07, 6.45) is 3.62. The van der Waals surface area contributed by atoms with Crippen LogP contribution in [0.25, 0.3) is 33.6 Å². The molecule has 1 aliphatic carbocycles.